The minimum atomic E-state index is 0.0314. The number of benzene rings is 1. The molecule has 2 aromatic heterocycles. The molecule has 0 aliphatic carbocycles. The lowest BCUT2D eigenvalue weighted by molar-refractivity contribution is -0.0478. The summed E-state index contributed by atoms with van der Waals surface area (Å²) in [6.45, 7) is 1.88. The third-order valence-electron chi connectivity index (χ3n) is 4.14. The maximum absolute atomic E-state index is 6.14. The highest BCUT2D eigenvalue weighted by Gasteiger charge is 2.27. The fourth-order valence-electron chi connectivity index (χ4n) is 2.88. The molecule has 0 amide bonds. The molecular weight excluding hydrogens is 306 g/mol. The van der Waals surface area contributed by atoms with Gasteiger partial charge in [0, 0.05) is 6.61 Å². The summed E-state index contributed by atoms with van der Waals surface area (Å²) in [5, 5.41) is 3.42. The Morgan fingerprint density at radius 1 is 1.21 bits per heavy atom. The van der Waals surface area contributed by atoms with E-state index in [1.54, 1.807) is 6.33 Å². The maximum Gasteiger partial charge on any atom is 0.182 e. The van der Waals surface area contributed by atoms with E-state index >= 15 is 0 Å². The number of imidazole rings is 1. The Morgan fingerprint density at radius 2 is 2.12 bits per heavy atom. The quantitative estimate of drug-likeness (QED) is 0.747. The van der Waals surface area contributed by atoms with Crippen molar-refractivity contribution < 1.29 is 9.47 Å². The third kappa shape index (κ3) is 3.22. The first kappa shape index (κ1) is 15.0. The highest BCUT2D eigenvalue weighted by Crippen LogP contribution is 2.21. The van der Waals surface area contributed by atoms with E-state index in [2.05, 4.69) is 37.4 Å². The van der Waals surface area contributed by atoms with E-state index in [0.717, 1.165) is 17.8 Å². The lowest BCUT2D eigenvalue weighted by atomic mass is 10.1. The molecule has 3 aromatic rings. The van der Waals surface area contributed by atoms with Gasteiger partial charge >= 0.3 is 0 Å². The van der Waals surface area contributed by atoms with E-state index in [9.17, 15) is 0 Å². The van der Waals surface area contributed by atoms with Crippen LogP contribution < -0.4 is 5.32 Å². The van der Waals surface area contributed by atoms with E-state index < -0.39 is 0 Å². The summed E-state index contributed by atoms with van der Waals surface area (Å²) in [5.41, 5.74) is 2.61. The molecule has 1 aliphatic rings. The molecular formula is C17H19N5O2. The predicted octanol–water partition coefficient (Wildman–Crippen LogP) is 2.14. The number of fused-ring (bicyclic) bond motifs is 1. The SMILES string of the molecule is c1ccc(CO[C@@H]2CCOC[C@@H]2Nc2ncnc3nc[nH]c23)cc1. The van der Waals surface area contributed by atoms with Gasteiger partial charge in [-0.2, -0.15) is 0 Å². The van der Waals surface area contributed by atoms with E-state index in [1.807, 2.05) is 18.2 Å². The second-order valence-corrected chi connectivity index (χ2v) is 5.77. The molecule has 24 heavy (non-hydrogen) atoms. The van der Waals surface area contributed by atoms with E-state index in [0.29, 0.717) is 25.5 Å². The zero-order valence-electron chi connectivity index (χ0n) is 13.2. The molecule has 0 saturated carbocycles. The Morgan fingerprint density at radius 3 is 3.04 bits per heavy atom. The average Bonchev–Trinajstić information content (AvgIpc) is 3.12. The van der Waals surface area contributed by atoms with Crippen LogP contribution >= 0.6 is 0 Å². The van der Waals surface area contributed by atoms with Crippen LogP contribution in [-0.4, -0.2) is 45.3 Å². The van der Waals surface area contributed by atoms with Crippen molar-refractivity contribution in [2.75, 3.05) is 18.5 Å². The Hall–Kier alpha value is -2.51. The van der Waals surface area contributed by atoms with Crippen molar-refractivity contribution in [2.45, 2.75) is 25.2 Å². The Labute approximate surface area is 139 Å². The summed E-state index contributed by atoms with van der Waals surface area (Å²) < 4.78 is 11.8. The molecule has 124 valence electrons. The number of H-pyrrole nitrogens is 1. The number of aromatic nitrogens is 4. The molecule has 0 bridgehead atoms. The smallest absolute Gasteiger partial charge is 0.182 e. The van der Waals surface area contributed by atoms with Crippen LogP contribution in [0.15, 0.2) is 43.0 Å². The molecule has 2 N–H and O–H groups in total. The number of nitrogens with zero attached hydrogens (tertiary/aromatic N) is 3. The molecule has 1 aromatic carbocycles. The minimum absolute atomic E-state index is 0.0314. The topological polar surface area (TPSA) is 84.9 Å². The molecule has 2 atom stereocenters. The summed E-state index contributed by atoms with van der Waals surface area (Å²) in [7, 11) is 0. The highest BCUT2D eigenvalue weighted by atomic mass is 16.5. The van der Waals surface area contributed by atoms with Crippen LogP contribution in [-0.2, 0) is 16.1 Å². The van der Waals surface area contributed by atoms with Gasteiger partial charge in [0.1, 0.15) is 11.8 Å². The van der Waals surface area contributed by atoms with Gasteiger partial charge in [-0.05, 0) is 12.0 Å². The second kappa shape index (κ2) is 6.94. The second-order valence-electron chi connectivity index (χ2n) is 5.77. The van der Waals surface area contributed by atoms with Crippen molar-refractivity contribution in [1.82, 2.24) is 19.9 Å². The van der Waals surface area contributed by atoms with Crippen molar-refractivity contribution >= 4 is 17.0 Å². The van der Waals surface area contributed by atoms with E-state index in [4.69, 9.17) is 9.47 Å². The molecule has 1 fully saturated rings. The largest absolute Gasteiger partial charge is 0.379 e. The van der Waals surface area contributed by atoms with Crippen LogP contribution in [0.3, 0.4) is 0 Å². The molecule has 3 heterocycles. The normalized spacial score (nSPS) is 21.0. The molecule has 7 nitrogen and oxygen atoms in total. The van der Waals surface area contributed by atoms with Crippen molar-refractivity contribution in [1.29, 1.82) is 0 Å². The summed E-state index contributed by atoms with van der Waals surface area (Å²) in [6.07, 6.45) is 4.04. The van der Waals surface area contributed by atoms with E-state index in [1.165, 1.54) is 11.9 Å². The van der Waals surface area contributed by atoms with Gasteiger partial charge in [0.15, 0.2) is 11.5 Å². The monoisotopic (exact) mass is 325 g/mol. The van der Waals surface area contributed by atoms with Crippen LogP contribution in [0.1, 0.15) is 12.0 Å². The van der Waals surface area contributed by atoms with Gasteiger partial charge in [0.2, 0.25) is 0 Å². The van der Waals surface area contributed by atoms with Crippen molar-refractivity contribution in [2.24, 2.45) is 0 Å². The lowest BCUT2D eigenvalue weighted by Gasteiger charge is -2.32. The molecule has 0 unspecified atom stereocenters. The van der Waals surface area contributed by atoms with Crippen molar-refractivity contribution in [3.63, 3.8) is 0 Å². The number of aromatic amines is 1. The summed E-state index contributed by atoms with van der Waals surface area (Å²) >= 11 is 0. The molecule has 0 spiro atoms. The highest BCUT2D eigenvalue weighted by molar-refractivity contribution is 5.82. The number of hydrogen-bond acceptors (Lipinski definition) is 6. The fraction of sp³-hybridized carbons (Fsp3) is 0.353. The Balaban J connectivity index is 1.47. The summed E-state index contributed by atoms with van der Waals surface area (Å²) in [6, 6.07) is 10.2. The zero-order valence-corrected chi connectivity index (χ0v) is 13.2. The van der Waals surface area contributed by atoms with Crippen LogP contribution in [0.5, 0.6) is 0 Å². The number of rotatable bonds is 5. The van der Waals surface area contributed by atoms with Gasteiger partial charge in [-0.15, -0.1) is 0 Å². The minimum Gasteiger partial charge on any atom is -0.379 e. The number of hydrogen-bond donors (Lipinski definition) is 2. The van der Waals surface area contributed by atoms with Gasteiger partial charge in [-0.1, -0.05) is 30.3 Å². The predicted molar refractivity (Wildman–Crippen MR) is 89.5 cm³/mol. The maximum atomic E-state index is 6.14. The molecule has 4 rings (SSSR count). The summed E-state index contributed by atoms with van der Waals surface area (Å²) in [5.74, 6) is 0.723. The van der Waals surface area contributed by atoms with Crippen molar-refractivity contribution in [3.8, 4) is 0 Å². The van der Waals surface area contributed by atoms with Gasteiger partial charge < -0.3 is 19.8 Å². The molecule has 1 aliphatic heterocycles. The molecule has 0 radical (unpaired) electrons. The Kier molecular flexibility index (Phi) is 4.35. The first-order chi connectivity index (χ1) is 11.9. The number of nitrogens with one attached hydrogen (secondary N) is 2. The van der Waals surface area contributed by atoms with Gasteiger partial charge in [0.05, 0.1) is 31.7 Å². The first-order valence-corrected chi connectivity index (χ1v) is 8.04. The van der Waals surface area contributed by atoms with Crippen LogP contribution in [0.25, 0.3) is 11.2 Å². The van der Waals surface area contributed by atoms with Crippen LogP contribution in [0.4, 0.5) is 5.82 Å². The van der Waals surface area contributed by atoms with Gasteiger partial charge in [-0.3, -0.25) is 0 Å². The van der Waals surface area contributed by atoms with Crippen LogP contribution in [0.2, 0.25) is 0 Å². The van der Waals surface area contributed by atoms with Crippen molar-refractivity contribution in [3.05, 3.63) is 48.5 Å². The Bertz CT molecular complexity index is 792. The average molecular weight is 325 g/mol. The molecule has 7 heteroatoms. The van der Waals surface area contributed by atoms with Gasteiger partial charge in [-0.25, -0.2) is 15.0 Å². The lowest BCUT2D eigenvalue weighted by Crippen LogP contribution is -2.44. The molecule has 1 saturated heterocycles. The fourth-order valence-corrected chi connectivity index (χ4v) is 2.88. The number of ether oxygens (including phenoxy) is 2. The third-order valence-corrected chi connectivity index (χ3v) is 4.14. The zero-order chi connectivity index (χ0) is 16.2. The first-order valence-electron chi connectivity index (χ1n) is 8.04. The van der Waals surface area contributed by atoms with Gasteiger partial charge in [0.25, 0.3) is 0 Å². The standard InChI is InChI=1S/C17H19N5O2/c1-2-4-12(5-3-1)8-24-14-6-7-23-9-13(14)22-17-15-16(19-10-18-15)20-11-21-17/h1-5,10-11,13-14H,6-9H2,(H2,18,19,20,21,22)/t13-,14+/m0/s1. The van der Waals surface area contributed by atoms with Crippen LogP contribution in [0, 0.1) is 0 Å². The van der Waals surface area contributed by atoms with E-state index in [-0.39, 0.29) is 12.1 Å². The summed E-state index contributed by atoms with van der Waals surface area (Å²) in [4.78, 5) is 15.7. The number of anilines is 1.